The third-order valence-corrected chi connectivity index (χ3v) is 3.10. The van der Waals surface area contributed by atoms with Gasteiger partial charge in [-0.25, -0.2) is 4.79 Å². The van der Waals surface area contributed by atoms with E-state index in [0.717, 1.165) is 0 Å². The third-order valence-electron chi connectivity index (χ3n) is 3.10. The molecule has 1 unspecified atom stereocenters. The Balaban J connectivity index is 4.22. The topological polar surface area (TPSA) is 213 Å². The molecule has 0 spiro atoms. The molecule has 0 radical (unpaired) electrons. The summed E-state index contributed by atoms with van der Waals surface area (Å²) in [5.41, 5.74) is 9.14. The van der Waals surface area contributed by atoms with E-state index in [2.05, 4.69) is 21.3 Å². The van der Waals surface area contributed by atoms with E-state index in [4.69, 9.17) is 15.6 Å². The van der Waals surface area contributed by atoms with Gasteiger partial charge in [-0.05, 0) is 0 Å². The maximum Gasteiger partial charge on any atom is 0.315 e. The van der Waals surface area contributed by atoms with E-state index in [1.54, 1.807) is 0 Å². The molecule has 14 heteroatoms. The van der Waals surface area contributed by atoms with Crippen LogP contribution in [0.2, 0.25) is 0 Å². The van der Waals surface area contributed by atoms with Crippen LogP contribution in [0.25, 0.3) is 0 Å². The molecule has 0 aliphatic carbocycles. The molecule has 0 fully saturated rings. The van der Waals surface area contributed by atoms with Crippen molar-refractivity contribution >= 4 is 29.7 Å². The molecule has 166 valence electrons. The number of primary amides is 1. The number of hydrogen-bond acceptors (Lipinski definition) is 8. The van der Waals surface area contributed by atoms with Gasteiger partial charge in [-0.15, -0.1) is 0 Å². The van der Waals surface area contributed by atoms with E-state index in [1.807, 2.05) is 10.9 Å². The first kappa shape index (κ1) is 26.0. The lowest BCUT2D eigenvalue weighted by Crippen LogP contribution is -2.56. The molecule has 0 saturated heterocycles. The predicted octanol–water partition coefficient (Wildman–Crippen LogP) is -4.59. The zero-order valence-corrected chi connectivity index (χ0v) is 16.2. The Kier molecular flexibility index (Phi) is 14.4. The smallest absolute Gasteiger partial charge is 0.315 e. The van der Waals surface area contributed by atoms with Crippen molar-refractivity contribution in [2.45, 2.75) is 19.4 Å². The standard InChI is InChI=1S/C15H29N7O7/c1-10(24)19-9-13(26)21-22-14(27)11(8-12(16)25)20-15(28)18-3-2-17-4-6-29-7-5-23/h11,17,23H,2-9H2,1H3,(H2,16,25)(H,19,24)(H,21,26)(H,22,27)(H2,18,20,28). The van der Waals surface area contributed by atoms with Crippen LogP contribution in [0.1, 0.15) is 13.3 Å². The molecular formula is C15H29N7O7. The highest BCUT2D eigenvalue weighted by atomic mass is 16.5. The van der Waals surface area contributed by atoms with E-state index in [0.29, 0.717) is 19.7 Å². The average Bonchev–Trinajstić information content (AvgIpc) is 2.65. The molecule has 6 amide bonds. The van der Waals surface area contributed by atoms with Crippen LogP contribution in [-0.2, 0) is 23.9 Å². The second-order valence-electron chi connectivity index (χ2n) is 5.66. The molecule has 0 aromatic carbocycles. The minimum absolute atomic E-state index is 0.0548. The van der Waals surface area contributed by atoms with Gasteiger partial charge in [-0.3, -0.25) is 30.0 Å². The largest absolute Gasteiger partial charge is 0.394 e. The third kappa shape index (κ3) is 15.8. The fourth-order valence-corrected chi connectivity index (χ4v) is 1.79. The molecule has 0 bridgehead atoms. The number of urea groups is 1. The number of nitrogens with two attached hydrogens (primary N) is 1. The van der Waals surface area contributed by atoms with Gasteiger partial charge < -0.3 is 36.8 Å². The Morgan fingerprint density at radius 2 is 1.72 bits per heavy atom. The highest BCUT2D eigenvalue weighted by molar-refractivity contribution is 5.92. The van der Waals surface area contributed by atoms with E-state index in [-0.39, 0.29) is 26.3 Å². The SMILES string of the molecule is CC(=O)NCC(=O)NNC(=O)C(CC(N)=O)NC(=O)NCCNCCOCCO. The van der Waals surface area contributed by atoms with Crippen molar-refractivity contribution < 1.29 is 33.8 Å². The molecular weight excluding hydrogens is 390 g/mol. The minimum atomic E-state index is -1.31. The molecule has 0 aromatic heterocycles. The summed E-state index contributed by atoms with van der Waals surface area (Å²) in [5, 5.41) is 18.5. The number of aliphatic hydroxyl groups is 1. The normalized spacial score (nSPS) is 11.1. The number of rotatable bonds is 14. The first-order valence-corrected chi connectivity index (χ1v) is 8.81. The lowest BCUT2D eigenvalue weighted by Gasteiger charge is -2.18. The zero-order valence-electron chi connectivity index (χ0n) is 16.2. The van der Waals surface area contributed by atoms with Crippen LogP contribution in [0.4, 0.5) is 4.79 Å². The first-order chi connectivity index (χ1) is 13.8. The monoisotopic (exact) mass is 419 g/mol. The lowest BCUT2D eigenvalue weighted by atomic mass is 10.2. The summed E-state index contributed by atoms with van der Waals surface area (Å²) in [6.45, 7) is 2.63. The van der Waals surface area contributed by atoms with Gasteiger partial charge >= 0.3 is 6.03 Å². The Morgan fingerprint density at radius 1 is 1.00 bits per heavy atom. The van der Waals surface area contributed by atoms with Crippen LogP contribution in [0.15, 0.2) is 0 Å². The molecule has 0 aliphatic heterocycles. The Labute approximate surface area is 167 Å². The molecule has 0 saturated carbocycles. The van der Waals surface area contributed by atoms with Crippen LogP contribution in [0, 0.1) is 0 Å². The number of aliphatic hydroxyl groups excluding tert-OH is 1. The van der Waals surface area contributed by atoms with E-state index in [9.17, 15) is 24.0 Å². The summed E-state index contributed by atoms with van der Waals surface area (Å²) < 4.78 is 5.04. The number of hydrazine groups is 1. The molecule has 1 atom stereocenters. The summed E-state index contributed by atoms with van der Waals surface area (Å²) in [6, 6.07) is -2.03. The van der Waals surface area contributed by atoms with Gasteiger partial charge in [0.1, 0.15) is 6.04 Å². The van der Waals surface area contributed by atoms with Gasteiger partial charge in [0.2, 0.25) is 11.8 Å². The van der Waals surface area contributed by atoms with Crippen LogP contribution >= 0.6 is 0 Å². The Bertz CT molecular complexity index is 559. The van der Waals surface area contributed by atoms with Crippen molar-refractivity contribution in [2.24, 2.45) is 5.73 Å². The molecule has 0 heterocycles. The number of carbonyl (C=O) groups is 5. The Hall–Kier alpha value is -2.97. The van der Waals surface area contributed by atoms with Crippen molar-refractivity contribution in [3.63, 3.8) is 0 Å². The molecule has 14 nitrogen and oxygen atoms in total. The number of carbonyl (C=O) groups excluding carboxylic acids is 5. The number of hydrogen-bond donors (Lipinski definition) is 8. The molecule has 29 heavy (non-hydrogen) atoms. The fourth-order valence-electron chi connectivity index (χ4n) is 1.79. The maximum atomic E-state index is 12.1. The second kappa shape index (κ2) is 16.0. The number of ether oxygens (including phenoxy) is 1. The van der Waals surface area contributed by atoms with Crippen molar-refractivity contribution in [3.8, 4) is 0 Å². The summed E-state index contributed by atoms with van der Waals surface area (Å²) >= 11 is 0. The van der Waals surface area contributed by atoms with Crippen molar-refractivity contribution in [1.82, 2.24) is 32.1 Å². The fraction of sp³-hybridized carbons (Fsp3) is 0.667. The highest BCUT2D eigenvalue weighted by Gasteiger charge is 2.23. The van der Waals surface area contributed by atoms with Crippen molar-refractivity contribution in [3.05, 3.63) is 0 Å². The van der Waals surface area contributed by atoms with Crippen LogP contribution in [0.5, 0.6) is 0 Å². The first-order valence-electron chi connectivity index (χ1n) is 8.81. The summed E-state index contributed by atoms with van der Waals surface area (Å²) in [5.74, 6) is -2.83. The van der Waals surface area contributed by atoms with Crippen molar-refractivity contribution in [1.29, 1.82) is 0 Å². The van der Waals surface area contributed by atoms with Crippen molar-refractivity contribution in [2.75, 3.05) is 46.0 Å². The summed E-state index contributed by atoms with van der Waals surface area (Å²) in [7, 11) is 0. The molecule has 0 rings (SSSR count). The van der Waals surface area contributed by atoms with Gasteiger partial charge in [-0.1, -0.05) is 0 Å². The average molecular weight is 419 g/mol. The predicted molar refractivity (Wildman–Crippen MR) is 99.9 cm³/mol. The zero-order chi connectivity index (χ0) is 22.1. The number of amides is 6. The summed E-state index contributed by atoms with van der Waals surface area (Å²) in [6.07, 6.45) is -0.485. The van der Waals surface area contributed by atoms with E-state index >= 15 is 0 Å². The van der Waals surface area contributed by atoms with Crippen LogP contribution in [0.3, 0.4) is 0 Å². The molecule has 0 aliphatic rings. The van der Waals surface area contributed by atoms with Crippen LogP contribution in [-0.4, -0.2) is 86.8 Å². The van der Waals surface area contributed by atoms with Gasteiger partial charge in [0, 0.05) is 26.6 Å². The van der Waals surface area contributed by atoms with Crippen LogP contribution < -0.4 is 37.9 Å². The molecule has 0 aromatic rings. The van der Waals surface area contributed by atoms with E-state index in [1.165, 1.54) is 6.92 Å². The quantitative estimate of drug-likeness (QED) is 0.101. The van der Waals surface area contributed by atoms with E-state index < -0.39 is 42.1 Å². The van der Waals surface area contributed by atoms with Gasteiger partial charge in [-0.2, -0.15) is 0 Å². The minimum Gasteiger partial charge on any atom is -0.394 e. The van der Waals surface area contributed by atoms with Gasteiger partial charge in [0.05, 0.1) is 32.8 Å². The summed E-state index contributed by atoms with van der Waals surface area (Å²) in [4.78, 5) is 57.2. The van der Waals surface area contributed by atoms with Gasteiger partial charge in [0.25, 0.3) is 11.8 Å². The second-order valence-corrected chi connectivity index (χ2v) is 5.66. The number of nitrogens with one attached hydrogen (secondary N) is 6. The Morgan fingerprint density at radius 3 is 2.34 bits per heavy atom. The molecule has 9 N–H and O–H groups in total. The lowest BCUT2D eigenvalue weighted by molar-refractivity contribution is -0.131. The van der Waals surface area contributed by atoms with Gasteiger partial charge in [0.15, 0.2) is 0 Å². The highest BCUT2D eigenvalue weighted by Crippen LogP contribution is 1.91. The maximum absolute atomic E-state index is 12.1.